The summed E-state index contributed by atoms with van der Waals surface area (Å²) in [6.07, 6.45) is 3.56. The van der Waals surface area contributed by atoms with Gasteiger partial charge in [-0.25, -0.2) is 4.98 Å². The largest absolute Gasteiger partial charge is 0.492 e. The Bertz CT molecular complexity index is 1200. The molecular weight excluding hydrogens is 420 g/mol. The average molecular weight is 451 g/mol. The number of hydrogen-bond acceptors (Lipinski definition) is 6. The summed E-state index contributed by atoms with van der Waals surface area (Å²) in [6, 6.07) is 11.0. The molecule has 4 rings (SSSR count). The van der Waals surface area contributed by atoms with Crippen molar-refractivity contribution in [2.24, 2.45) is 0 Å². The topological polar surface area (TPSA) is 85.7 Å². The Morgan fingerprint density at radius 1 is 1.18 bits per heavy atom. The molecule has 1 heterocycles. The lowest BCUT2D eigenvalue weighted by atomic mass is 10.1. The van der Waals surface area contributed by atoms with Gasteiger partial charge in [-0.15, -0.1) is 0 Å². The highest BCUT2D eigenvalue weighted by Crippen LogP contribution is 2.22. The van der Waals surface area contributed by atoms with Crippen molar-refractivity contribution in [1.29, 1.82) is 0 Å². The number of hydrogen-bond donors (Lipinski definition) is 1. The van der Waals surface area contributed by atoms with Gasteiger partial charge in [0.2, 0.25) is 0 Å². The van der Waals surface area contributed by atoms with Crippen LogP contribution in [0, 0.1) is 6.92 Å². The van der Waals surface area contributed by atoms with Crippen LogP contribution in [0.4, 0.5) is 0 Å². The number of ether oxygens (including phenoxy) is 2. The number of amides is 1. The molecule has 1 aliphatic carbocycles. The summed E-state index contributed by atoms with van der Waals surface area (Å²) < 4.78 is 12.5. The molecule has 1 amide bonds. The minimum Gasteiger partial charge on any atom is -0.492 e. The van der Waals surface area contributed by atoms with Gasteiger partial charge in [-0.3, -0.25) is 14.2 Å². The zero-order valence-corrected chi connectivity index (χ0v) is 19.3. The number of benzene rings is 2. The van der Waals surface area contributed by atoms with Crippen molar-refractivity contribution in [3.63, 3.8) is 0 Å². The second kappa shape index (κ2) is 10.1. The number of aryl methyl sites for hydroxylation is 1. The summed E-state index contributed by atoms with van der Waals surface area (Å²) >= 11 is 0. The van der Waals surface area contributed by atoms with E-state index in [1.165, 1.54) is 10.9 Å². The molecule has 0 atom stereocenters. The fourth-order valence-electron chi connectivity index (χ4n) is 3.55. The van der Waals surface area contributed by atoms with E-state index in [-0.39, 0.29) is 17.5 Å². The van der Waals surface area contributed by atoms with E-state index in [2.05, 4.69) is 15.2 Å². The lowest BCUT2D eigenvalue weighted by Crippen LogP contribution is -2.27. The molecule has 0 radical (unpaired) electrons. The van der Waals surface area contributed by atoms with E-state index in [1.54, 1.807) is 31.4 Å². The molecule has 1 saturated carbocycles. The Morgan fingerprint density at radius 2 is 1.97 bits per heavy atom. The first-order valence-electron chi connectivity index (χ1n) is 11.2. The third kappa shape index (κ3) is 5.58. The molecule has 1 aliphatic rings. The van der Waals surface area contributed by atoms with Crippen molar-refractivity contribution in [3.05, 3.63) is 64.2 Å². The standard InChI is InChI=1S/C25H30N4O4/c1-17-4-5-18(24(30)27-19-6-7-19)14-23(17)29-16-26-22-9-8-20(15-21(22)25(29)31)33-13-11-28(2)10-12-32-3/h4-5,8-9,14-16,19H,6-7,10-13H2,1-3H3,(H,27,30). The molecule has 1 aromatic heterocycles. The lowest BCUT2D eigenvalue weighted by Gasteiger charge is -2.16. The highest BCUT2D eigenvalue weighted by Gasteiger charge is 2.24. The number of rotatable bonds is 10. The van der Waals surface area contributed by atoms with Crippen LogP contribution in [0.2, 0.25) is 0 Å². The molecule has 2 aromatic carbocycles. The molecule has 0 bridgehead atoms. The van der Waals surface area contributed by atoms with Crippen molar-refractivity contribution in [3.8, 4) is 11.4 Å². The van der Waals surface area contributed by atoms with Crippen LogP contribution in [-0.4, -0.2) is 66.9 Å². The maximum absolute atomic E-state index is 13.3. The van der Waals surface area contributed by atoms with Crippen LogP contribution in [0.25, 0.3) is 16.6 Å². The van der Waals surface area contributed by atoms with Crippen LogP contribution in [-0.2, 0) is 4.74 Å². The van der Waals surface area contributed by atoms with Crippen molar-refractivity contribution >= 4 is 16.8 Å². The second-order valence-corrected chi connectivity index (χ2v) is 8.49. The monoisotopic (exact) mass is 450 g/mol. The van der Waals surface area contributed by atoms with E-state index in [9.17, 15) is 9.59 Å². The van der Waals surface area contributed by atoms with Crippen LogP contribution in [0.3, 0.4) is 0 Å². The van der Waals surface area contributed by atoms with E-state index in [0.717, 1.165) is 31.5 Å². The molecule has 174 valence electrons. The van der Waals surface area contributed by atoms with Gasteiger partial charge in [-0.1, -0.05) is 6.07 Å². The minimum absolute atomic E-state index is 0.119. The third-order valence-electron chi connectivity index (χ3n) is 5.79. The van der Waals surface area contributed by atoms with E-state index >= 15 is 0 Å². The molecule has 1 fully saturated rings. The van der Waals surface area contributed by atoms with Gasteiger partial charge in [0.1, 0.15) is 18.7 Å². The molecule has 0 aliphatic heterocycles. The van der Waals surface area contributed by atoms with Gasteiger partial charge in [0.05, 0.1) is 23.2 Å². The lowest BCUT2D eigenvalue weighted by molar-refractivity contribution is 0.0951. The minimum atomic E-state index is -0.203. The van der Waals surface area contributed by atoms with Crippen LogP contribution < -0.4 is 15.6 Å². The molecule has 33 heavy (non-hydrogen) atoms. The number of fused-ring (bicyclic) bond motifs is 1. The summed E-state index contributed by atoms with van der Waals surface area (Å²) in [4.78, 5) is 32.4. The number of carbonyl (C=O) groups is 1. The van der Waals surface area contributed by atoms with Crippen LogP contribution in [0.15, 0.2) is 47.5 Å². The summed E-state index contributed by atoms with van der Waals surface area (Å²) in [7, 11) is 3.69. The van der Waals surface area contributed by atoms with E-state index in [0.29, 0.717) is 41.1 Å². The summed E-state index contributed by atoms with van der Waals surface area (Å²) in [5.41, 5.74) is 2.45. The van der Waals surface area contributed by atoms with E-state index in [4.69, 9.17) is 9.47 Å². The van der Waals surface area contributed by atoms with Crippen molar-refractivity contribution in [2.75, 3.05) is 40.5 Å². The fourth-order valence-corrected chi connectivity index (χ4v) is 3.55. The molecule has 1 N–H and O–H groups in total. The number of nitrogens with one attached hydrogen (secondary N) is 1. The second-order valence-electron chi connectivity index (χ2n) is 8.49. The number of likely N-dealkylation sites (N-methyl/N-ethyl adjacent to an activating group) is 1. The van der Waals surface area contributed by atoms with Crippen LogP contribution in [0.1, 0.15) is 28.8 Å². The van der Waals surface area contributed by atoms with Crippen molar-refractivity contribution < 1.29 is 14.3 Å². The van der Waals surface area contributed by atoms with Gasteiger partial charge < -0.3 is 19.7 Å². The molecule has 8 nitrogen and oxygen atoms in total. The maximum atomic E-state index is 13.3. The number of methoxy groups -OCH3 is 1. The Balaban J connectivity index is 1.57. The summed E-state index contributed by atoms with van der Waals surface area (Å²) in [5.74, 6) is 0.500. The maximum Gasteiger partial charge on any atom is 0.265 e. The van der Waals surface area contributed by atoms with Gasteiger partial charge >= 0.3 is 0 Å². The number of carbonyl (C=O) groups excluding carboxylic acids is 1. The van der Waals surface area contributed by atoms with E-state index in [1.807, 2.05) is 26.1 Å². The first-order chi connectivity index (χ1) is 16.0. The highest BCUT2D eigenvalue weighted by atomic mass is 16.5. The third-order valence-corrected chi connectivity index (χ3v) is 5.79. The SMILES string of the molecule is COCCN(C)CCOc1ccc2ncn(-c3cc(C(=O)NC4CC4)ccc3C)c(=O)c2c1. The zero-order chi connectivity index (χ0) is 23.4. The summed E-state index contributed by atoms with van der Waals surface area (Å²) in [6.45, 7) is 4.64. The zero-order valence-electron chi connectivity index (χ0n) is 19.3. The molecule has 0 unspecified atom stereocenters. The Hall–Kier alpha value is -3.23. The number of nitrogens with zero attached hydrogens (tertiary/aromatic N) is 3. The number of aromatic nitrogens is 2. The quantitative estimate of drug-likeness (QED) is 0.511. The summed E-state index contributed by atoms with van der Waals surface area (Å²) in [5, 5.41) is 3.46. The normalized spacial score (nSPS) is 13.5. The molecule has 3 aromatic rings. The van der Waals surface area contributed by atoms with Gasteiger partial charge in [-0.05, 0) is 62.7 Å². The predicted molar refractivity (Wildman–Crippen MR) is 127 cm³/mol. The van der Waals surface area contributed by atoms with Gasteiger partial charge in [-0.2, -0.15) is 0 Å². The Labute approximate surface area is 193 Å². The first-order valence-corrected chi connectivity index (χ1v) is 11.2. The highest BCUT2D eigenvalue weighted by molar-refractivity contribution is 5.95. The molecule has 0 spiro atoms. The Kier molecular flexibility index (Phi) is 7.05. The fraction of sp³-hybridized carbons (Fsp3) is 0.400. The van der Waals surface area contributed by atoms with Gasteiger partial charge in [0, 0.05) is 31.8 Å². The Morgan fingerprint density at radius 3 is 2.73 bits per heavy atom. The predicted octanol–water partition coefficient (Wildman–Crippen LogP) is 2.54. The van der Waals surface area contributed by atoms with Crippen LogP contribution in [0.5, 0.6) is 5.75 Å². The van der Waals surface area contributed by atoms with Crippen molar-refractivity contribution in [2.45, 2.75) is 25.8 Å². The van der Waals surface area contributed by atoms with Gasteiger partial charge in [0.15, 0.2) is 0 Å². The van der Waals surface area contributed by atoms with Crippen molar-refractivity contribution in [1.82, 2.24) is 19.8 Å². The van der Waals surface area contributed by atoms with Crippen LogP contribution >= 0.6 is 0 Å². The van der Waals surface area contributed by atoms with E-state index < -0.39 is 0 Å². The van der Waals surface area contributed by atoms with Gasteiger partial charge in [0.25, 0.3) is 11.5 Å². The first kappa shape index (κ1) is 22.9. The molecule has 0 saturated heterocycles. The average Bonchev–Trinajstić information content (AvgIpc) is 3.63. The molecule has 8 heteroatoms. The molecular formula is C25H30N4O4. The smallest absolute Gasteiger partial charge is 0.265 e.